The van der Waals surface area contributed by atoms with Crippen LogP contribution in [0, 0.1) is 0 Å². The smallest absolute Gasteiger partial charge is 0.335 e. The molecule has 6 heteroatoms. The van der Waals surface area contributed by atoms with Crippen LogP contribution in [0.25, 0.3) is 0 Å². The van der Waals surface area contributed by atoms with Crippen molar-refractivity contribution in [3.63, 3.8) is 0 Å². The minimum absolute atomic E-state index is 0.166. The first-order chi connectivity index (χ1) is 9.56. The van der Waals surface area contributed by atoms with Gasteiger partial charge in [0.25, 0.3) is 5.91 Å². The Morgan fingerprint density at radius 3 is 2.50 bits per heavy atom. The van der Waals surface area contributed by atoms with E-state index in [-0.39, 0.29) is 11.5 Å². The molecule has 0 aliphatic heterocycles. The third kappa shape index (κ3) is 3.44. The highest BCUT2D eigenvalue weighted by atomic mass is 16.4. The van der Waals surface area contributed by atoms with Gasteiger partial charge in [-0.05, 0) is 24.1 Å². The van der Waals surface area contributed by atoms with E-state index >= 15 is 0 Å². The molecule has 2 N–H and O–H groups in total. The van der Waals surface area contributed by atoms with Crippen molar-refractivity contribution in [3.8, 4) is 0 Å². The summed E-state index contributed by atoms with van der Waals surface area (Å²) in [4.78, 5) is 22.5. The van der Waals surface area contributed by atoms with Gasteiger partial charge < -0.3 is 10.4 Å². The van der Waals surface area contributed by atoms with E-state index in [1.807, 2.05) is 0 Å². The van der Waals surface area contributed by atoms with Gasteiger partial charge in [0.2, 0.25) is 0 Å². The third-order valence-electron chi connectivity index (χ3n) is 2.87. The van der Waals surface area contributed by atoms with Crippen molar-refractivity contribution < 1.29 is 14.7 Å². The first-order valence-electron chi connectivity index (χ1n) is 6.15. The quantitative estimate of drug-likeness (QED) is 0.854. The van der Waals surface area contributed by atoms with Crippen LogP contribution in [-0.4, -0.2) is 33.3 Å². The summed E-state index contributed by atoms with van der Waals surface area (Å²) in [6.07, 6.45) is 3.81. The first kappa shape index (κ1) is 13.8. The summed E-state index contributed by atoms with van der Waals surface area (Å²) >= 11 is 0. The van der Waals surface area contributed by atoms with Gasteiger partial charge >= 0.3 is 5.97 Å². The zero-order valence-corrected chi connectivity index (χ0v) is 11.0. The van der Waals surface area contributed by atoms with Gasteiger partial charge in [0.1, 0.15) is 0 Å². The Morgan fingerprint density at radius 2 is 1.95 bits per heavy atom. The van der Waals surface area contributed by atoms with Crippen LogP contribution in [0.5, 0.6) is 0 Å². The molecule has 0 unspecified atom stereocenters. The molecule has 1 aromatic carbocycles. The number of nitrogens with one attached hydrogen (secondary N) is 1. The maximum Gasteiger partial charge on any atom is 0.335 e. The summed E-state index contributed by atoms with van der Waals surface area (Å²) < 4.78 is 1.57. The minimum atomic E-state index is -0.943. The van der Waals surface area contributed by atoms with Crippen molar-refractivity contribution in [2.75, 3.05) is 6.54 Å². The highest BCUT2D eigenvalue weighted by Crippen LogP contribution is 2.05. The molecule has 0 atom stereocenters. The molecule has 2 aromatic rings. The van der Waals surface area contributed by atoms with E-state index in [2.05, 4.69) is 10.4 Å². The Balaban J connectivity index is 1.83. The summed E-state index contributed by atoms with van der Waals surface area (Å²) in [6.45, 7) is 0.486. The first-order valence-corrected chi connectivity index (χ1v) is 6.15. The molecule has 0 saturated carbocycles. The molecule has 1 aromatic heterocycles. The lowest BCUT2D eigenvalue weighted by Crippen LogP contribution is -2.25. The molecule has 6 nitrogen and oxygen atoms in total. The second-order valence-electron chi connectivity index (χ2n) is 4.41. The number of hydrogen-bond donors (Lipinski definition) is 2. The van der Waals surface area contributed by atoms with Crippen LogP contribution < -0.4 is 5.32 Å². The standard InChI is InChI=1S/C14H15N3O3/c1-17-9-12(8-16-17)13(18)15-7-6-10-2-4-11(5-3-10)14(19)20/h2-5,8-9H,6-7H2,1H3,(H,15,18)(H,19,20). The summed E-state index contributed by atoms with van der Waals surface area (Å²) in [5.41, 5.74) is 1.75. The molecule has 20 heavy (non-hydrogen) atoms. The van der Waals surface area contributed by atoms with E-state index in [0.29, 0.717) is 18.5 Å². The van der Waals surface area contributed by atoms with E-state index in [4.69, 9.17) is 5.11 Å². The SMILES string of the molecule is Cn1cc(C(=O)NCCc2ccc(C(=O)O)cc2)cn1. The number of rotatable bonds is 5. The number of carboxylic acids is 1. The van der Waals surface area contributed by atoms with Crippen molar-refractivity contribution in [1.29, 1.82) is 0 Å². The van der Waals surface area contributed by atoms with Crippen LogP contribution in [0.1, 0.15) is 26.3 Å². The van der Waals surface area contributed by atoms with Crippen LogP contribution in [0.15, 0.2) is 36.7 Å². The van der Waals surface area contributed by atoms with Crippen molar-refractivity contribution in [3.05, 3.63) is 53.3 Å². The molecular weight excluding hydrogens is 258 g/mol. The predicted molar refractivity (Wildman–Crippen MR) is 72.6 cm³/mol. The summed E-state index contributed by atoms with van der Waals surface area (Å²) in [6, 6.07) is 6.61. The Kier molecular flexibility index (Phi) is 4.14. The summed E-state index contributed by atoms with van der Waals surface area (Å²) in [5.74, 6) is -1.11. The van der Waals surface area contributed by atoms with Gasteiger partial charge in [-0.2, -0.15) is 5.10 Å². The normalized spacial score (nSPS) is 10.2. The minimum Gasteiger partial charge on any atom is -0.478 e. The second kappa shape index (κ2) is 6.01. The molecule has 1 amide bonds. The van der Waals surface area contributed by atoms with Gasteiger partial charge in [0, 0.05) is 19.8 Å². The van der Waals surface area contributed by atoms with Gasteiger partial charge in [0.15, 0.2) is 0 Å². The number of carboxylic acid groups (broad SMARTS) is 1. The lowest BCUT2D eigenvalue weighted by atomic mass is 10.1. The Labute approximate surface area is 116 Å². The Hall–Kier alpha value is -2.63. The maximum absolute atomic E-state index is 11.7. The number of aromatic nitrogens is 2. The van der Waals surface area contributed by atoms with Gasteiger partial charge in [-0.25, -0.2) is 4.79 Å². The number of aryl methyl sites for hydroxylation is 1. The number of benzene rings is 1. The van der Waals surface area contributed by atoms with Crippen LogP contribution >= 0.6 is 0 Å². The number of hydrogen-bond acceptors (Lipinski definition) is 3. The monoisotopic (exact) mass is 273 g/mol. The molecule has 0 aliphatic carbocycles. The number of aromatic carboxylic acids is 1. The highest BCUT2D eigenvalue weighted by molar-refractivity contribution is 5.93. The maximum atomic E-state index is 11.7. The molecule has 2 rings (SSSR count). The zero-order valence-electron chi connectivity index (χ0n) is 11.0. The van der Waals surface area contributed by atoms with Crippen molar-refractivity contribution in [1.82, 2.24) is 15.1 Å². The Bertz CT molecular complexity index is 617. The molecular formula is C14H15N3O3. The molecule has 0 fully saturated rings. The summed E-state index contributed by atoms with van der Waals surface area (Å²) in [7, 11) is 1.75. The fourth-order valence-corrected chi connectivity index (χ4v) is 1.77. The molecule has 104 valence electrons. The molecule has 0 spiro atoms. The largest absolute Gasteiger partial charge is 0.478 e. The van der Waals surface area contributed by atoms with E-state index in [0.717, 1.165) is 5.56 Å². The van der Waals surface area contributed by atoms with Crippen molar-refractivity contribution >= 4 is 11.9 Å². The van der Waals surface area contributed by atoms with Crippen LogP contribution in [-0.2, 0) is 13.5 Å². The topological polar surface area (TPSA) is 84.2 Å². The van der Waals surface area contributed by atoms with Gasteiger partial charge in [-0.15, -0.1) is 0 Å². The lowest BCUT2D eigenvalue weighted by Gasteiger charge is -2.04. The fourth-order valence-electron chi connectivity index (χ4n) is 1.77. The highest BCUT2D eigenvalue weighted by Gasteiger charge is 2.07. The number of carbonyl (C=O) groups excluding carboxylic acids is 1. The second-order valence-corrected chi connectivity index (χ2v) is 4.41. The fraction of sp³-hybridized carbons (Fsp3) is 0.214. The number of nitrogens with zero attached hydrogens (tertiary/aromatic N) is 2. The van der Waals surface area contributed by atoms with Crippen LogP contribution in [0.3, 0.4) is 0 Å². The van der Waals surface area contributed by atoms with Gasteiger partial charge in [-0.1, -0.05) is 12.1 Å². The lowest BCUT2D eigenvalue weighted by molar-refractivity contribution is 0.0696. The molecule has 0 bridgehead atoms. The van der Waals surface area contributed by atoms with Crippen molar-refractivity contribution in [2.45, 2.75) is 6.42 Å². The molecule has 0 saturated heterocycles. The molecule has 0 aliphatic rings. The Morgan fingerprint density at radius 1 is 1.25 bits per heavy atom. The van der Waals surface area contributed by atoms with E-state index in [9.17, 15) is 9.59 Å². The van der Waals surface area contributed by atoms with Crippen molar-refractivity contribution in [2.24, 2.45) is 7.05 Å². The average Bonchev–Trinajstić information content (AvgIpc) is 2.86. The van der Waals surface area contributed by atoms with E-state index in [1.165, 1.54) is 6.20 Å². The third-order valence-corrected chi connectivity index (χ3v) is 2.87. The van der Waals surface area contributed by atoms with E-state index in [1.54, 1.807) is 42.2 Å². The molecule has 0 radical (unpaired) electrons. The number of carbonyl (C=O) groups is 2. The zero-order chi connectivity index (χ0) is 14.5. The van der Waals surface area contributed by atoms with Gasteiger partial charge in [-0.3, -0.25) is 9.48 Å². The van der Waals surface area contributed by atoms with E-state index < -0.39 is 5.97 Å². The predicted octanol–water partition coefficient (Wildman–Crippen LogP) is 1.09. The number of amides is 1. The summed E-state index contributed by atoms with van der Waals surface area (Å²) in [5, 5.41) is 15.5. The van der Waals surface area contributed by atoms with Crippen LogP contribution in [0.4, 0.5) is 0 Å². The molecule has 1 heterocycles. The van der Waals surface area contributed by atoms with Crippen LogP contribution in [0.2, 0.25) is 0 Å². The average molecular weight is 273 g/mol. The van der Waals surface area contributed by atoms with Gasteiger partial charge in [0.05, 0.1) is 17.3 Å².